The van der Waals surface area contributed by atoms with Crippen molar-refractivity contribution in [1.82, 2.24) is 29.7 Å². The number of H-pyrrole nitrogens is 1. The van der Waals surface area contributed by atoms with Gasteiger partial charge in [-0.2, -0.15) is 4.98 Å². The number of aromatic amines is 1. The zero-order chi connectivity index (χ0) is 20.5. The molecule has 0 aromatic carbocycles. The SMILES string of the molecule is Nc1c(CN2CCN(Cc3ncc[nH]3)CC2)sc2c(N3CCOCC3)nc(Cl)nc12. The number of morpholine rings is 1. The van der Waals surface area contributed by atoms with Gasteiger partial charge in [0.2, 0.25) is 5.28 Å². The number of nitrogen functional groups attached to an aromatic ring is 1. The Morgan fingerprint density at radius 1 is 1.07 bits per heavy atom. The van der Waals surface area contributed by atoms with Gasteiger partial charge < -0.3 is 20.4 Å². The third-order valence-corrected chi connectivity index (χ3v) is 7.02. The molecule has 30 heavy (non-hydrogen) atoms. The summed E-state index contributed by atoms with van der Waals surface area (Å²) in [5.74, 6) is 1.89. The van der Waals surface area contributed by atoms with E-state index < -0.39 is 0 Å². The highest BCUT2D eigenvalue weighted by Gasteiger charge is 2.24. The van der Waals surface area contributed by atoms with Gasteiger partial charge in [-0.05, 0) is 11.6 Å². The summed E-state index contributed by atoms with van der Waals surface area (Å²) >= 11 is 7.93. The standard InChI is InChI=1S/C19H25ClN8OS/c20-19-24-16-15(21)13(30-17(16)18(25-19)28-7-9-29-10-8-28)11-26-3-5-27(6-4-26)12-14-22-1-2-23-14/h1-2H,3-12,21H2,(H,22,23). The van der Waals surface area contributed by atoms with Crippen LogP contribution in [0.15, 0.2) is 12.4 Å². The van der Waals surface area contributed by atoms with Gasteiger partial charge in [-0.1, -0.05) is 0 Å². The number of halogens is 1. The monoisotopic (exact) mass is 448 g/mol. The number of aromatic nitrogens is 4. The number of hydrogen-bond donors (Lipinski definition) is 2. The number of nitrogens with two attached hydrogens (primary N) is 1. The van der Waals surface area contributed by atoms with Gasteiger partial charge in [-0.15, -0.1) is 11.3 Å². The summed E-state index contributed by atoms with van der Waals surface area (Å²) < 4.78 is 6.50. The van der Waals surface area contributed by atoms with E-state index in [1.807, 2.05) is 6.20 Å². The molecule has 9 nitrogen and oxygen atoms in total. The van der Waals surface area contributed by atoms with E-state index in [4.69, 9.17) is 22.1 Å². The second-order valence-corrected chi connectivity index (χ2v) is 9.06. The van der Waals surface area contributed by atoms with E-state index in [0.29, 0.717) is 13.2 Å². The van der Waals surface area contributed by atoms with Crippen molar-refractivity contribution >= 4 is 44.7 Å². The van der Waals surface area contributed by atoms with Crippen LogP contribution in [-0.4, -0.2) is 82.2 Å². The lowest BCUT2D eigenvalue weighted by atomic mass is 10.2. The number of ether oxygens (including phenoxy) is 1. The molecule has 3 N–H and O–H groups in total. The van der Waals surface area contributed by atoms with Crippen LogP contribution in [0.2, 0.25) is 5.28 Å². The molecule has 0 radical (unpaired) electrons. The first kappa shape index (κ1) is 20.0. The van der Waals surface area contributed by atoms with Crippen molar-refractivity contribution in [2.24, 2.45) is 0 Å². The number of hydrogen-bond acceptors (Lipinski definition) is 9. The highest BCUT2D eigenvalue weighted by Crippen LogP contribution is 2.39. The number of fused-ring (bicyclic) bond motifs is 1. The molecule has 0 aliphatic carbocycles. The minimum atomic E-state index is 0.242. The van der Waals surface area contributed by atoms with Crippen molar-refractivity contribution in [1.29, 1.82) is 0 Å². The first-order valence-electron chi connectivity index (χ1n) is 10.2. The summed E-state index contributed by atoms with van der Waals surface area (Å²) in [5.41, 5.74) is 8.01. The van der Waals surface area contributed by atoms with Crippen LogP contribution in [0, 0.1) is 0 Å². The van der Waals surface area contributed by atoms with E-state index in [0.717, 1.165) is 84.8 Å². The molecular weight excluding hydrogens is 424 g/mol. The van der Waals surface area contributed by atoms with Crippen LogP contribution in [0.4, 0.5) is 11.5 Å². The topological polar surface area (TPSA) is 99.4 Å². The highest BCUT2D eigenvalue weighted by molar-refractivity contribution is 7.20. The second-order valence-electron chi connectivity index (χ2n) is 7.62. The first-order valence-corrected chi connectivity index (χ1v) is 11.4. The molecule has 0 bridgehead atoms. The van der Waals surface area contributed by atoms with E-state index in [1.54, 1.807) is 17.5 Å². The lowest BCUT2D eigenvalue weighted by Crippen LogP contribution is -2.45. The van der Waals surface area contributed by atoms with Crippen molar-refractivity contribution < 1.29 is 4.74 Å². The van der Waals surface area contributed by atoms with Crippen LogP contribution in [0.3, 0.4) is 0 Å². The minimum Gasteiger partial charge on any atom is -0.396 e. The molecule has 0 amide bonds. The zero-order valence-electron chi connectivity index (χ0n) is 16.7. The third-order valence-electron chi connectivity index (χ3n) is 5.67. The Balaban J connectivity index is 1.31. The molecule has 5 heterocycles. The number of anilines is 2. The molecule has 2 fully saturated rings. The van der Waals surface area contributed by atoms with Gasteiger partial charge in [0.25, 0.3) is 0 Å². The van der Waals surface area contributed by atoms with Crippen molar-refractivity contribution in [2.45, 2.75) is 13.1 Å². The van der Waals surface area contributed by atoms with Crippen molar-refractivity contribution in [3.63, 3.8) is 0 Å². The van der Waals surface area contributed by atoms with Crippen molar-refractivity contribution in [3.8, 4) is 0 Å². The van der Waals surface area contributed by atoms with E-state index in [-0.39, 0.29) is 5.28 Å². The number of nitrogens with one attached hydrogen (secondary N) is 1. The average Bonchev–Trinajstić information content (AvgIpc) is 3.38. The van der Waals surface area contributed by atoms with Gasteiger partial charge in [0.15, 0.2) is 5.82 Å². The quantitative estimate of drug-likeness (QED) is 0.570. The smallest absolute Gasteiger partial charge is 0.225 e. The molecule has 2 aliphatic rings. The number of piperazine rings is 1. The van der Waals surface area contributed by atoms with Crippen LogP contribution in [-0.2, 0) is 17.8 Å². The Morgan fingerprint density at radius 3 is 2.50 bits per heavy atom. The van der Waals surface area contributed by atoms with Crippen LogP contribution in [0.25, 0.3) is 10.2 Å². The molecule has 0 atom stereocenters. The maximum atomic E-state index is 6.51. The molecule has 5 rings (SSSR count). The summed E-state index contributed by atoms with van der Waals surface area (Å²) in [6, 6.07) is 0. The van der Waals surface area contributed by atoms with Gasteiger partial charge in [0.05, 0.1) is 30.1 Å². The van der Waals surface area contributed by atoms with Gasteiger partial charge in [-0.25, -0.2) is 9.97 Å². The molecular formula is C19H25ClN8OS. The lowest BCUT2D eigenvalue weighted by molar-refractivity contribution is 0.121. The normalized spacial score (nSPS) is 19.0. The molecule has 3 aromatic rings. The predicted octanol–water partition coefficient (Wildman–Crippen LogP) is 1.80. The number of imidazole rings is 1. The number of rotatable bonds is 5. The molecule has 0 spiro atoms. The minimum absolute atomic E-state index is 0.242. The Labute approximate surface area is 183 Å². The molecule has 2 aliphatic heterocycles. The largest absolute Gasteiger partial charge is 0.396 e. The maximum absolute atomic E-state index is 6.51. The Morgan fingerprint density at radius 2 is 1.80 bits per heavy atom. The van der Waals surface area contributed by atoms with Gasteiger partial charge in [-0.3, -0.25) is 9.80 Å². The fraction of sp³-hybridized carbons (Fsp3) is 0.526. The van der Waals surface area contributed by atoms with Crippen molar-refractivity contribution in [2.75, 3.05) is 63.1 Å². The van der Waals surface area contributed by atoms with Crippen LogP contribution in [0.1, 0.15) is 10.7 Å². The highest BCUT2D eigenvalue weighted by atomic mass is 35.5. The molecule has 0 unspecified atom stereocenters. The number of nitrogens with zero attached hydrogens (tertiary/aromatic N) is 6. The number of thiophene rings is 1. The Hall–Kier alpha value is -1.98. The third kappa shape index (κ3) is 4.10. The van der Waals surface area contributed by atoms with E-state index in [1.165, 1.54) is 0 Å². The maximum Gasteiger partial charge on any atom is 0.225 e. The lowest BCUT2D eigenvalue weighted by Gasteiger charge is -2.34. The summed E-state index contributed by atoms with van der Waals surface area (Å²) in [7, 11) is 0. The molecule has 11 heteroatoms. The summed E-state index contributed by atoms with van der Waals surface area (Å²) in [6.45, 7) is 8.68. The zero-order valence-corrected chi connectivity index (χ0v) is 18.3. The van der Waals surface area contributed by atoms with Gasteiger partial charge in [0, 0.05) is 63.1 Å². The van der Waals surface area contributed by atoms with E-state index in [9.17, 15) is 0 Å². The molecule has 160 valence electrons. The molecule has 0 saturated carbocycles. The van der Waals surface area contributed by atoms with E-state index in [2.05, 4.69) is 34.6 Å². The second kappa shape index (κ2) is 8.64. The van der Waals surface area contributed by atoms with Gasteiger partial charge in [0.1, 0.15) is 11.3 Å². The average molecular weight is 449 g/mol. The first-order chi connectivity index (χ1) is 14.7. The predicted molar refractivity (Wildman–Crippen MR) is 119 cm³/mol. The van der Waals surface area contributed by atoms with Crippen LogP contribution < -0.4 is 10.6 Å². The summed E-state index contributed by atoms with van der Waals surface area (Å²) in [4.78, 5) is 24.7. The molecule has 2 saturated heterocycles. The molecule has 3 aromatic heterocycles. The van der Waals surface area contributed by atoms with Crippen molar-refractivity contribution in [3.05, 3.63) is 28.4 Å². The Bertz CT molecular complexity index is 996. The fourth-order valence-corrected chi connectivity index (χ4v) is 5.39. The fourth-order valence-electron chi connectivity index (χ4n) is 4.01. The summed E-state index contributed by atoms with van der Waals surface area (Å²) in [6.07, 6.45) is 3.67. The Kier molecular flexibility index (Phi) is 5.74. The van der Waals surface area contributed by atoms with Crippen LogP contribution in [0.5, 0.6) is 0 Å². The van der Waals surface area contributed by atoms with Crippen LogP contribution >= 0.6 is 22.9 Å². The summed E-state index contributed by atoms with van der Waals surface area (Å²) in [5, 5.41) is 0.242. The van der Waals surface area contributed by atoms with Gasteiger partial charge >= 0.3 is 0 Å². The van der Waals surface area contributed by atoms with E-state index >= 15 is 0 Å².